The van der Waals surface area contributed by atoms with E-state index < -0.39 is 5.97 Å². The van der Waals surface area contributed by atoms with Crippen LogP contribution < -0.4 is 5.32 Å². The van der Waals surface area contributed by atoms with Gasteiger partial charge in [0.25, 0.3) is 0 Å². The molecule has 1 saturated carbocycles. The van der Waals surface area contributed by atoms with Crippen LogP contribution in [0.3, 0.4) is 0 Å². The van der Waals surface area contributed by atoms with E-state index in [1.807, 2.05) is 22.8 Å². The lowest BCUT2D eigenvalue weighted by Gasteiger charge is -2.34. The van der Waals surface area contributed by atoms with Crippen molar-refractivity contribution in [2.24, 2.45) is 11.8 Å². The fourth-order valence-electron chi connectivity index (χ4n) is 4.94. The van der Waals surface area contributed by atoms with Crippen LogP contribution in [0.2, 0.25) is 0 Å². The summed E-state index contributed by atoms with van der Waals surface area (Å²) in [6, 6.07) is 16.8. The summed E-state index contributed by atoms with van der Waals surface area (Å²) in [6.07, 6.45) is 3.69. The minimum atomic E-state index is -0.861. The van der Waals surface area contributed by atoms with E-state index in [0.717, 1.165) is 28.5 Å². The summed E-state index contributed by atoms with van der Waals surface area (Å²) in [7, 11) is 0. The lowest BCUT2D eigenvalue weighted by Crippen LogP contribution is -2.40. The van der Waals surface area contributed by atoms with Crippen LogP contribution in [0.25, 0.3) is 10.9 Å². The van der Waals surface area contributed by atoms with Crippen molar-refractivity contribution in [2.75, 3.05) is 0 Å². The third-order valence-corrected chi connectivity index (χ3v) is 6.99. The van der Waals surface area contributed by atoms with Gasteiger partial charge in [-0.05, 0) is 36.8 Å². The highest BCUT2D eigenvalue weighted by atomic mass is 16.4. The molecular formula is C26H32N2O2. The fraction of sp³-hybridized carbons (Fsp3) is 0.423. The number of nitrogens with one attached hydrogen (secondary N) is 1. The molecule has 1 aliphatic rings. The number of rotatable bonds is 6. The number of aromatic carboxylic acids is 1. The lowest BCUT2D eigenvalue weighted by atomic mass is 9.78. The molecule has 0 bridgehead atoms. The van der Waals surface area contributed by atoms with Crippen LogP contribution in [0.5, 0.6) is 0 Å². The molecule has 0 spiro atoms. The summed E-state index contributed by atoms with van der Waals surface area (Å²) < 4.78 is 1.96. The van der Waals surface area contributed by atoms with Crippen molar-refractivity contribution in [3.8, 4) is 0 Å². The highest BCUT2D eigenvalue weighted by Gasteiger charge is 2.28. The van der Waals surface area contributed by atoms with E-state index in [9.17, 15) is 9.90 Å². The van der Waals surface area contributed by atoms with Gasteiger partial charge in [-0.15, -0.1) is 0 Å². The van der Waals surface area contributed by atoms with Crippen molar-refractivity contribution >= 4 is 16.9 Å². The zero-order chi connectivity index (χ0) is 21.3. The van der Waals surface area contributed by atoms with Crippen LogP contribution in [0, 0.1) is 18.8 Å². The number of hydrogen-bond acceptors (Lipinski definition) is 2. The maximum atomic E-state index is 12.4. The van der Waals surface area contributed by atoms with Crippen molar-refractivity contribution in [2.45, 2.75) is 59.2 Å². The number of carboxylic acid groups (broad SMARTS) is 1. The lowest BCUT2D eigenvalue weighted by molar-refractivity contribution is 0.0684. The standard InChI is InChI=1S/C26H32N2O2/c1-17-11-13-20(14-12-17)16-28-24-10-5-4-8-21(24)22(25(28)26(29)30)15-27-23-9-6-7-18(2)19(23)3/h4-5,8,10-14,18-19,23,27H,6-7,9,15-16H2,1-3H3,(H,29,30)/t18-,19+,23-/m1/s1. The monoisotopic (exact) mass is 404 g/mol. The highest BCUT2D eigenvalue weighted by Crippen LogP contribution is 2.31. The van der Waals surface area contributed by atoms with Crippen molar-refractivity contribution in [1.29, 1.82) is 0 Å². The van der Waals surface area contributed by atoms with Gasteiger partial charge in [0.1, 0.15) is 5.69 Å². The molecule has 1 fully saturated rings. The van der Waals surface area contributed by atoms with Crippen LogP contribution in [0.1, 0.15) is 60.3 Å². The number of nitrogens with zero attached hydrogens (tertiary/aromatic N) is 1. The minimum absolute atomic E-state index is 0.404. The molecule has 158 valence electrons. The summed E-state index contributed by atoms with van der Waals surface area (Å²) in [6.45, 7) is 7.85. The maximum absolute atomic E-state index is 12.4. The van der Waals surface area contributed by atoms with Crippen LogP contribution in [0.4, 0.5) is 0 Å². The first-order valence-electron chi connectivity index (χ1n) is 11.1. The van der Waals surface area contributed by atoms with Crippen molar-refractivity contribution in [3.05, 3.63) is 70.9 Å². The van der Waals surface area contributed by atoms with E-state index in [1.165, 1.54) is 18.4 Å². The molecule has 4 nitrogen and oxygen atoms in total. The molecule has 0 radical (unpaired) electrons. The van der Waals surface area contributed by atoms with Gasteiger partial charge in [0.2, 0.25) is 0 Å². The Kier molecular flexibility index (Phi) is 5.96. The smallest absolute Gasteiger partial charge is 0.352 e. The average molecular weight is 405 g/mol. The molecule has 4 rings (SSSR count). The zero-order valence-electron chi connectivity index (χ0n) is 18.2. The van der Waals surface area contributed by atoms with Crippen LogP contribution >= 0.6 is 0 Å². The quantitative estimate of drug-likeness (QED) is 0.561. The first-order chi connectivity index (χ1) is 14.5. The van der Waals surface area contributed by atoms with Gasteiger partial charge in [-0.25, -0.2) is 4.79 Å². The SMILES string of the molecule is Cc1ccc(Cn2c(C(=O)O)c(CN[C@@H]3CCC[C@@H](C)[C@@H]3C)c3ccccc32)cc1. The number of hydrogen-bond donors (Lipinski definition) is 2. The summed E-state index contributed by atoms with van der Waals surface area (Å²) in [4.78, 5) is 12.4. The third kappa shape index (κ3) is 4.01. The Hall–Kier alpha value is -2.59. The van der Waals surface area contributed by atoms with Gasteiger partial charge in [0.15, 0.2) is 0 Å². The summed E-state index contributed by atoms with van der Waals surface area (Å²) in [5.41, 5.74) is 4.60. The Labute approximate surface area is 178 Å². The largest absolute Gasteiger partial charge is 0.477 e. The fourth-order valence-corrected chi connectivity index (χ4v) is 4.94. The number of aromatic nitrogens is 1. The zero-order valence-corrected chi connectivity index (χ0v) is 18.2. The number of fused-ring (bicyclic) bond motifs is 1. The first-order valence-corrected chi connectivity index (χ1v) is 11.1. The average Bonchev–Trinajstić information content (AvgIpc) is 3.04. The molecule has 0 unspecified atom stereocenters. The number of para-hydroxylation sites is 1. The Morgan fingerprint density at radius 3 is 2.57 bits per heavy atom. The molecule has 30 heavy (non-hydrogen) atoms. The van der Waals surface area contributed by atoms with Gasteiger partial charge in [-0.2, -0.15) is 0 Å². The van der Waals surface area contributed by atoms with Gasteiger partial charge in [0, 0.05) is 35.6 Å². The number of carbonyl (C=O) groups is 1. The Balaban J connectivity index is 1.71. The molecule has 1 aliphatic carbocycles. The predicted molar refractivity (Wildman–Crippen MR) is 122 cm³/mol. The van der Waals surface area contributed by atoms with Gasteiger partial charge in [0.05, 0.1) is 0 Å². The molecule has 0 saturated heterocycles. The van der Waals surface area contributed by atoms with Gasteiger partial charge < -0.3 is 15.0 Å². The molecule has 2 N–H and O–H groups in total. The second kappa shape index (κ2) is 8.65. The number of benzene rings is 2. The number of carboxylic acids is 1. The van der Waals surface area contributed by atoms with E-state index >= 15 is 0 Å². The van der Waals surface area contributed by atoms with Gasteiger partial charge in [-0.1, -0.05) is 74.7 Å². The van der Waals surface area contributed by atoms with Crippen molar-refractivity contribution in [3.63, 3.8) is 0 Å². The molecule has 0 amide bonds. The van der Waals surface area contributed by atoms with E-state index in [-0.39, 0.29) is 0 Å². The van der Waals surface area contributed by atoms with Crippen LogP contribution in [-0.4, -0.2) is 21.7 Å². The molecule has 2 aromatic carbocycles. The molecule has 1 heterocycles. The van der Waals surface area contributed by atoms with E-state index in [2.05, 4.69) is 56.4 Å². The van der Waals surface area contributed by atoms with Gasteiger partial charge >= 0.3 is 5.97 Å². The Morgan fingerprint density at radius 2 is 1.83 bits per heavy atom. The van der Waals surface area contributed by atoms with Crippen LogP contribution in [0.15, 0.2) is 48.5 Å². The number of aryl methyl sites for hydroxylation is 1. The first kappa shape index (κ1) is 20.7. The summed E-state index contributed by atoms with van der Waals surface area (Å²) in [5.74, 6) is 0.450. The second-order valence-electron chi connectivity index (χ2n) is 8.98. The van der Waals surface area contributed by atoms with E-state index in [1.54, 1.807) is 0 Å². The topological polar surface area (TPSA) is 54.3 Å². The Bertz CT molecular complexity index is 1040. The Morgan fingerprint density at radius 1 is 1.10 bits per heavy atom. The van der Waals surface area contributed by atoms with Gasteiger partial charge in [-0.3, -0.25) is 0 Å². The van der Waals surface area contributed by atoms with E-state index in [0.29, 0.717) is 36.7 Å². The molecule has 1 aromatic heterocycles. The maximum Gasteiger partial charge on any atom is 0.352 e. The highest BCUT2D eigenvalue weighted by molar-refractivity contribution is 5.98. The van der Waals surface area contributed by atoms with E-state index in [4.69, 9.17) is 0 Å². The molecular weight excluding hydrogens is 372 g/mol. The molecule has 4 heteroatoms. The predicted octanol–water partition coefficient (Wildman–Crippen LogP) is 5.61. The minimum Gasteiger partial charge on any atom is -0.477 e. The normalized spacial score (nSPS) is 21.8. The van der Waals surface area contributed by atoms with Crippen molar-refractivity contribution in [1.82, 2.24) is 9.88 Å². The molecule has 3 atom stereocenters. The molecule has 3 aromatic rings. The molecule has 0 aliphatic heterocycles. The van der Waals surface area contributed by atoms with Crippen LogP contribution in [-0.2, 0) is 13.1 Å². The third-order valence-electron chi connectivity index (χ3n) is 6.99. The van der Waals surface area contributed by atoms with Crippen molar-refractivity contribution < 1.29 is 9.90 Å². The summed E-state index contributed by atoms with van der Waals surface area (Å²) >= 11 is 0. The summed E-state index contributed by atoms with van der Waals surface area (Å²) in [5, 5.41) is 14.9. The second-order valence-corrected chi connectivity index (χ2v) is 8.98.